The SMILES string of the molecule is CC1(C)Cc2cccc(Oc3ccc(CO)cc3)c2O1. The molecule has 104 valence electrons. The largest absolute Gasteiger partial charge is 0.483 e. The monoisotopic (exact) mass is 270 g/mol. The van der Waals surface area contributed by atoms with Crippen LogP contribution in [0.1, 0.15) is 25.0 Å². The fourth-order valence-electron chi connectivity index (χ4n) is 2.46. The maximum absolute atomic E-state index is 9.04. The number of fused-ring (bicyclic) bond motifs is 1. The van der Waals surface area contributed by atoms with E-state index in [4.69, 9.17) is 14.6 Å². The van der Waals surface area contributed by atoms with Crippen LogP contribution in [-0.4, -0.2) is 10.7 Å². The molecule has 0 spiro atoms. The van der Waals surface area contributed by atoms with Crippen LogP contribution in [0.15, 0.2) is 42.5 Å². The smallest absolute Gasteiger partial charge is 0.169 e. The third-order valence-electron chi connectivity index (χ3n) is 3.39. The molecule has 0 saturated heterocycles. The Bertz CT molecular complexity index is 615. The molecule has 0 radical (unpaired) electrons. The van der Waals surface area contributed by atoms with Gasteiger partial charge in [0.25, 0.3) is 0 Å². The van der Waals surface area contributed by atoms with Crippen LogP contribution in [0.4, 0.5) is 0 Å². The summed E-state index contributed by atoms with van der Waals surface area (Å²) in [4.78, 5) is 0. The molecule has 2 aromatic rings. The lowest BCUT2D eigenvalue weighted by Gasteiger charge is -2.18. The van der Waals surface area contributed by atoms with Gasteiger partial charge in [-0.1, -0.05) is 24.3 Å². The Morgan fingerprint density at radius 2 is 1.90 bits per heavy atom. The van der Waals surface area contributed by atoms with Gasteiger partial charge in [0, 0.05) is 12.0 Å². The summed E-state index contributed by atoms with van der Waals surface area (Å²) in [5, 5.41) is 9.04. The van der Waals surface area contributed by atoms with Gasteiger partial charge >= 0.3 is 0 Å². The Hall–Kier alpha value is -2.00. The zero-order valence-electron chi connectivity index (χ0n) is 11.7. The number of aliphatic hydroxyl groups is 1. The van der Waals surface area contributed by atoms with Crippen molar-refractivity contribution in [3.63, 3.8) is 0 Å². The van der Waals surface area contributed by atoms with Gasteiger partial charge in [0.15, 0.2) is 11.5 Å². The van der Waals surface area contributed by atoms with Gasteiger partial charge in [0.05, 0.1) is 6.61 Å². The van der Waals surface area contributed by atoms with E-state index in [-0.39, 0.29) is 12.2 Å². The van der Waals surface area contributed by atoms with Crippen LogP contribution in [0.25, 0.3) is 0 Å². The first-order chi connectivity index (χ1) is 9.57. The second kappa shape index (κ2) is 4.84. The van der Waals surface area contributed by atoms with Crippen LogP contribution in [0, 0.1) is 0 Å². The minimum absolute atomic E-state index is 0.0400. The molecule has 0 amide bonds. The topological polar surface area (TPSA) is 38.7 Å². The Kier molecular flexibility index (Phi) is 3.14. The Morgan fingerprint density at radius 3 is 2.60 bits per heavy atom. The fraction of sp³-hybridized carbons (Fsp3) is 0.294. The summed E-state index contributed by atoms with van der Waals surface area (Å²) in [6, 6.07) is 13.4. The molecule has 0 atom stereocenters. The van der Waals surface area contributed by atoms with E-state index in [2.05, 4.69) is 19.9 Å². The van der Waals surface area contributed by atoms with Crippen LogP contribution < -0.4 is 9.47 Å². The van der Waals surface area contributed by atoms with Crippen LogP contribution in [-0.2, 0) is 13.0 Å². The molecular formula is C17H18O3. The number of hydrogen-bond donors (Lipinski definition) is 1. The molecule has 1 aliphatic heterocycles. The highest BCUT2D eigenvalue weighted by Crippen LogP contribution is 2.43. The van der Waals surface area contributed by atoms with E-state index >= 15 is 0 Å². The molecule has 0 bridgehead atoms. The molecule has 3 rings (SSSR count). The average Bonchev–Trinajstić information content (AvgIpc) is 2.75. The van der Waals surface area contributed by atoms with Crippen LogP contribution in [0.5, 0.6) is 17.2 Å². The maximum atomic E-state index is 9.04. The van der Waals surface area contributed by atoms with E-state index in [1.165, 1.54) is 5.56 Å². The van der Waals surface area contributed by atoms with Gasteiger partial charge in [0.1, 0.15) is 11.4 Å². The lowest BCUT2D eigenvalue weighted by atomic mass is 10.0. The zero-order valence-corrected chi connectivity index (χ0v) is 11.7. The summed E-state index contributed by atoms with van der Waals surface area (Å²) >= 11 is 0. The van der Waals surface area contributed by atoms with Crippen molar-refractivity contribution >= 4 is 0 Å². The van der Waals surface area contributed by atoms with Crippen LogP contribution >= 0.6 is 0 Å². The van der Waals surface area contributed by atoms with Gasteiger partial charge in [-0.15, -0.1) is 0 Å². The van der Waals surface area contributed by atoms with Crippen molar-refractivity contribution in [3.8, 4) is 17.2 Å². The fourth-order valence-corrected chi connectivity index (χ4v) is 2.46. The first-order valence-corrected chi connectivity index (χ1v) is 6.76. The number of rotatable bonds is 3. The standard InChI is InChI=1S/C17H18O3/c1-17(2)10-13-4-3-5-15(16(13)20-17)19-14-8-6-12(11-18)7-9-14/h3-9,18H,10-11H2,1-2H3. The second-order valence-electron chi connectivity index (χ2n) is 5.69. The maximum Gasteiger partial charge on any atom is 0.169 e. The normalized spacial score (nSPS) is 15.6. The van der Waals surface area contributed by atoms with E-state index in [1.807, 2.05) is 36.4 Å². The number of hydrogen-bond acceptors (Lipinski definition) is 3. The molecule has 3 nitrogen and oxygen atoms in total. The predicted octanol–water partition coefficient (Wildman–Crippen LogP) is 3.68. The first-order valence-electron chi connectivity index (χ1n) is 6.76. The van der Waals surface area contributed by atoms with E-state index in [0.29, 0.717) is 0 Å². The van der Waals surface area contributed by atoms with Gasteiger partial charge in [-0.25, -0.2) is 0 Å². The summed E-state index contributed by atoms with van der Waals surface area (Å²) < 4.78 is 11.9. The molecule has 1 heterocycles. The van der Waals surface area contributed by atoms with Gasteiger partial charge in [0.2, 0.25) is 0 Å². The van der Waals surface area contributed by atoms with E-state index in [1.54, 1.807) is 0 Å². The molecule has 0 aliphatic carbocycles. The number of para-hydroxylation sites is 1. The summed E-state index contributed by atoms with van der Waals surface area (Å²) in [5.41, 5.74) is 1.87. The molecule has 0 aromatic heterocycles. The number of aliphatic hydroxyl groups excluding tert-OH is 1. The van der Waals surface area contributed by atoms with Crippen molar-refractivity contribution in [3.05, 3.63) is 53.6 Å². The molecular weight excluding hydrogens is 252 g/mol. The lowest BCUT2D eigenvalue weighted by Crippen LogP contribution is -2.24. The lowest BCUT2D eigenvalue weighted by molar-refractivity contribution is 0.135. The van der Waals surface area contributed by atoms with Gasteiger partial charge in [-0.3, -0.25) is 0 Å². The molecule has 3 heteroatoms. The summed E-state index contributed by atoms with van der Waals surface area (Å²) in [7, 11) is 0. The van der Waals surface area contributed by atoms with E-state index < -0.39 is 0 Å². The first kappa shape index (κ1) is 13.0. The summed E-state index contributed by atoms with van der Waals surface area (Å²) in [6.45, 7) is 4.19. The van der Waals surface area contributed by atoms with Crippen molar-refractivity contribution in [1.82, 2.24) is 0 Å². The van der Waals surface area contributed by atoms with Crippen molar-refractivity contribution in [1.29, 1.82) is 0 Å². The molecule has 0 unspecified atom stereocenters. The third kappa shape index (κ3) is 2.49. The highest BCUT2D eigenvalue weighted by molar-refractivity contribution is 5.51. The molecule has 1 N–H and O–H groups in total. The number of ether oxygens (including phenoxy) is 2. The zero-order chi connectivity index (χ0) is 14.2. The van der Waals surface area contributed by atoms with Crippen molar-refractivity contribution in [2.24, 2.45) is 0 Å². The highest BCUT2D eigenvalue weighted by atomic mass is 16.5. The average molecular weight is 270 g/mol. The van der Waals surface area contributed by atoms with Crippen LogP contribution in [0.3, 0.4) is 0 Å². The predicted molar refractivity (Wildman–Crippen MR) is 77.3 cm³/mol. The molecule has 1 aliphatic rings. The van der Waals surface area contributed by atoms with Crippen molar-refractivity contribution in [2.75, 3.05) is 0 Å². The second-order valence-corrected chi connectivity index (χ2v) is 5.69. The molecule has 0 fully saturated rings. The number of benzene rings is 2. The quantitative estimate of drug-likeness (QED) is 0.924. The molecule has 20 heavy (non-hydrogen) atoms. The van der Waals surface area contributed by atoms with E-state index in [0.717, 1.165) is 29.2 Å². The Balaban J connectivity index is 1.87. The molecule has 0 saturated carbocycles. The van der Waals surface area contributed by atoms with Gasteiger partial charge in [-0.05, 0) is 37.6 Å². The van der Waals surface area contributed by atoms with E-state index in [9.17, 15) is 0 Å². The Labute approximate surface area is 118 Å². The highest BCUT2D eigenvalue weighted by Gasteiger charge is 2.32. The van der Waals surface area contributed by atoms with Crippen molar-refractivity contribution in [2.45, 2.75) is 32.5 Å². The van der Waals surface area contributed by atoms with Crippen LogP contribution in [0.2, 0.25) is 0 Å². The van der Waals surface area contributed by atoms with Gasteiger partial charge < -0.3 is 14.6 Å². The summed E-state index contributed by atoms with van der Waals surface area (Å²) in [6.07, 6.45) is 0.892. The minimum atomic E-state index is -0.178. The minimum Gasteiger partial charge on any atom is -0.483 e. The van der Waals surface area contributed by atoms with Crippen molar-refractivity contribution < 1.29 is 14.6 Å². The summed E-state index contributed by atoms with van der Waals surface area (Å²) in [5.74, 6) is 2.32. The van der Waals surface area contributed by atoms with Gasteiger partial charge in [-0.2, -0.15) is 0 Å². The molecule has 2 aromatic carbocycles. The third-order valence-corrected chi connectivity index (χ3v) is 3.39. The Morgan fingerprint density at radius 1 is 1.15 bits per heavy atom.